The number of fused-ring (bicyclic) bond motifs is 1. The van der Waals surface area contributed by atoms with Crippen LogP contribution in [-0.2, 0) is 24.2 Å². The van der Waals surface area contributed by atoms with E-state index in [0.29, 0.717) is 11.2 Å². The van der Waals surface area contributed by atoms with Crippen molar-refractivity contribution in [2.45, 2.75) is 53.1 Å². The van der Waals surface area contributed by atoms with Crippen molar-refractivity contribution in [2.75, 3.05) is 11.9 Å². The molecule has 0 saturated heterocycles. The summed E-state index contributed by atoms with van der Waals surface area (Å²) in [6, 6.07) is 10.8. The first-order chi connectivity index (χ1) is 14.9. The smallest absolute Gasteiger partial charge is 0.223 e. The minimum atomic E-state index is -0.0883. The molecule has 3 heterocycles. The topological polar surface area (TPSA) is 67.4 Å². The van der Waals surface area contributed by atoms with Gasteiger partial charge in [-0.1, -0.05) is 6.07 Å². The normalized spacial score (nSPS) is 16.5. The van der Waals surface area contributed by atoms with Gasteiger partial charge in [0.05, 0.1) is 0 Å². The average molecular weight is 437 g/mol. The van der Waals surface area contributed by atoms with Crippen LogP contribution in [0.4, 0.5) is 5.13 Å². The third kappa shape index (κ3) is 5.48. The first kappa shape index (κ1) is 21.5. The van der Waals surface area contributed by atoms with Gasteiger partial charge >= 0.3 is 0 Å². The van der Waals surface area contributed by atoms with Crippen molar-refractivity contribution in [3.8, 4) is 11.5 Å². The summed E-state index contributed by atoms with van der Waals surface area (Å²) in [5.41, 5.74) is 4.64. The van der Waals surface area contributed by atoms with Crippen molar-refractivity contribution in [2.24, 2.45) is 0 Å². The van der Waals surface area contributed by atoms with E-state index in [1.165, 1.54) is 18.1 Å². The van der Waals surface area contributed by atoms with Crippen LogP contribution in [0.1, 0.15) is 41.2 Å². The molecular formula is C24H28N4O2S. The molecule has 1 amide bonds. The van der Waals surface area contributed by atoms with E-state index in [4.69, 9.17) is 4.74 Å². The second-order valence-electron chi connectivity index (χ2n) is 8.20. The third-order valence-corrected chi connectivity index (χ3v) is 6.37. The van der Waals surface area contributed by atoms with Crippen LogP contribution in [0.2, 0.25) is 0 Å². The van der Waals surface area contributed by atoms with Gasteiger partial charge in [0.2, 0.25) is 5.91 Å². The standard InChI is InChI=1S/C24H28N4O2S/c1-15-9-22(10-16(2)26-15)30-21-6-5-19-7-8-28(17(3)11-20(19)12-21)14-23-13-25-24(31-23)27-18(4)29/h5-6,9-10,12-13,17H,7-8,11,14H2,1-4H3,(H,25,27,29). The van der Waals surface area contributed by atoms with Gasteiger partial charge in [-0.15, -0.1) is 11.3 Å². The molecule has 0 radical (unpaired) electrons. The molecule has 1 aliphatic heterocycles. The van der Waals surface area contributed by atoms with Crippen LogP contribution in [0.25, 0.3) is 0 Å². The van der Waals surface area contributed by atoms with Crippen molar-refractivity contribution in [3.63, 3.8) is 0 Å². The van der Waals surface area contributed by atoms with Crippen LogP contribution in [0, 0.1) is 13.8 Å². The molecule has 1 unspecified atom stereocenters. The minimum Gasteiger partial charge on any atom is -0.457 e. The highest BCUT2D eigenvalue weighted by Crippen LogP contribution is 2.29. The average Bonchev–Trinajstić information content (AvgIpc) is 3.04. The van der Waals surface area contributed by atoms with Gasteiger partial charge in [0.25, 0.3) is 0 Å². The molecule has 7 heteroatoms. The number of aryl methyl sites for hydroxylation is 2. The van der Waals surface area contributed by atoms with Crippen molar-refractivity contribution in [1.29, 1.82) is 0 Å². The monoisotopic (exact) mass is 436 g/mol. The van der Waals surface area contributed by atoms with Gasteiger partial charge < -0.3 is 10.1 Å². The molecule has 1 aromatic carbocycles. The lowest BCUT2D eigenvalue weighted by Gasteiger charge is -2.26. The molecule has 162 valence electrons. The quantitative estimate of drug-likeness (QED) is 0.616. The number of carbonyl (C=O) groups is 1. The number of carbonyl (C=O) groups excluding carboxylic acids is 1. The Kier molecular flexibility index (Phi) is 6.34. The second kappa shape index (κ2) is 9.16. The van der Waals surface area contributed by atoms with E-state index >= 15 is 0 Å². The molecule has 0 bridgehead atoms. The van der Waals surface area contributed by atoms with Gasteiger partial charge in [0.1, 0.15) is 11.5 Å². The number of ether oxygens (including phenoxy) is 1. The Labute approximate surface area is 187 Å². The van der Waals surface area contributed by atoms with E-state index in [1.54, 1.807) is 11.3 Å². The maximum Gasteiger partial charge on any atom is 0.223 e. The Morgan fingerprint density at radius 1 is 1.19 bits per heavy atom. The zero-order valence-corrected chi connectivity index (χ0v) is 19.3. The highest BCUT2D eigenvalue weighted by Gasteiger charge is 2.22. The Bertz CT molecular complexity index is 1070. The van der Waals surface area contributed by atoms with Crippen molar-refractivity contribution >= 4 is 22.4 Å². The number of thiazole rings is 1. The van der Waals surface area contributed by atoms with Crippen molar-refractivity contribution < 1.29 is 9.53 Å². The number of amides is 1. The summed E-state index contributed by atoms with van der Waals surface area (Å²) in [5, 5.41) is 3.43. The molecule has 1 atom stereocenters. The molecule has 0 saturated carbocycles. The fraction of sp³-hybridized carbons (Fsp3) is 0.375. The molecule has 6 nitrogen and oxygen atoms in total. The number of aromatic nitrogens is 2. The van der Waals surface area contributed by atoms with E-state index in [2.05, 4.69) is 45.3 Å². The number of hydrogen-bond acceptors (Lipinski definition) is 6. The molecule has 4 rings (SSSR count). The molecule has 3 aromatic rings. The summed E-state index contributed by atoms with van der Waals surface area (Å²) in [5.74, 6) is 1.61. The van der Waals surface area contributed by atoms with Gasteiger partial charge in [-0.05, 0) is 56.9 Å². The largest absolute Gasteiger partial charge is 0.457 e. The molecule has 31 heavy (non-hydrogen) atoms. The summed E-state index contributed by atoms with van der Waals surface area (Å²) in [4.78, 5) is 23.6. The lowest BCUT2D eigenvalue weighted by molar-refractivity contribution is -0.114. The number of pyridine rings is 1. The van der Waals surface area contributed by atoms with Crippen molar-refractivity contribution in [3.05, 3.63) is 63.9 Å². The Balaban J connectivity index is 1.45. The fourth-order valence-electron chi connectivity index (χ4n) is 4.05. The highest BCUT2D eigenvalue weighted by atomic mass is 32.1. The predicted molar refractivity (Wildman–Crippen MR) is 124 cm³/mol. The molecule has 0 spiro atoms. The van der Waals surface area contributed by atoms with Crippen LogP contribution in [-0.4, -0.2) is 33.4 Å². The lowest BCUT2D eigenvalue weighted by Crippen LogP contribution is -2.33. The number of nitrogens with zero attached hydrogens (tertiary/aromatic N) is 3. The van der Waals surface area contributed by atoms with E-state index in [-0.39, 0.29) is 5.91 Å². The van der Waals surface area contributed by atoms with Crippen LogP contribution in [0.15, 0.2) is 36.5 Å². The number of hydrogen-bond donors (Lipinski definition) is 1. The van der Waals surface area contributed by atoms with Crippen molar-refractivity contribution in [1.82, 2.24) is 14.9 Å². The summed E-state index contributed by atoms with van der Waals surface area (Å²) >= 11 is 1.54. The molecule has 2 aromatic heterocycles. The van der Waals surface area contributed by atoms with Crippen LogP contribution < -0.4 is 10.1 Å². The SMILES string of the molecule is CC(=O)Nc1ncc(CN2CCc3ccc(Oc4cc(C)nc(C)c4)cc3CC2C)s1. The maximum atomic E-state index is 11.2. The summed E-state index contributed by atoms with van der Waals surface area (Å²) in [6.45, 7) is 9.57. The lowest BCUT2D eigenvalue weighted by atomic mass is 10.0. The Morgan fingerprint density at radius 2 is 1.97 bits per heavy atom. The molecule has 1 N–H and O–H groups in total. The maximum absolute atomic E-state index is 11.2. The Hall–Kier alpha value is -2.77. The number of rotatable bonds is 5. The minimum absolute atomic E-state index is 0.0883. The molecule has 0 aliphatic carbocycles. The van der Waals surface area contributed by atoms with E-state index in [1.807, 2.05) is 32.2 Å². The first-order valence-electron chi connectivity index (χ1n) is 10.6. The number of benzene rings is 1. The summed E-state index contributed by atoms with van der Waals surface area (Å²) < 4.78 is 6.14. The van der Waals surface area contributed by atoms with E-state index < -0.39 is 0 Å². The highest BCUT2D eigenvalue weighted by molar-refractivity contribution is 7.15. The predicted octanol–water partition coefficient (Wildman–Crippen LogP) is 4.89. The van der Waals surface area contributed by atoms with E-state index in [9.17, 15) is 4.79 Å². The fourth-order valence-corrected chi connectivity index (χ4v) is 4.93. The van der Waals surface area contributed by atoms with Crippen LogP contribution >= 0.6 is 11.3 Å². The summed E-state index contributed by atoms with van der Waals surface area (Å²) in [6.07, 6.45) is 3.84. The van der Waals surface area contributed by atoms with Gasteiger partial charge in [0.15, 0.2) is 5.13 Å². The van der Waals surface area contributed by atoms with Gasteiger partial charge in [-0.3, -0.25) is 14.7 Å². The van der Waals surface area contributed by atoms with Gasteiger partial charge in [0, 0.05) is 60.6 Å². The zero-order chi connectivity index (χ0) is 22.0. The van der Waals surface area contributed by atoms with Gasteiger partial charge in [-0.25, -0.2) is 4.98 Å². The third-order valence-electron chi connectivity index (χ3n) is 5.47. The van der Waals surface area contributed by atoms with Crippen LogP contribution in [0.3, 0.4) is 0 Å². The van der Waals surface area contributed by atoms with E-state index in [0.717, 1.165) is 53.7 Å². The number of nitrogens with one attached hydrogen (secondary N) is 1. The zero-order valence-electron chi connectivity index (χ0n) is 18.4. The van der Waals surface area contributed by atoms with Crippen LogP contribution in [0.5, 0.6) is 11.5 Å². The second-order valence-corrected chi connectivity index (χ2v) is 9.32. The number of anilines is 1. The first-order valence-corrected chi connectivity index (χ1v) is 11.4. The molecule has 1 aliphatic rings. The molecule has 0 fully saturated rings. The van der Waals surface area contributed by atoms with Gasteiger partial charge in [-0.2, -0.15) is 0 Å². The molecular weight excluding hydrogens is 408 g/mol. The Morgan fingerprint density at radius 3 is 2.71 bits per heavy atom. The summed E-state index contributed by atoms with van der Waals surface area (Å²) in [7, 11) is 0.